The molecular weight excluding hydrogens is 154 g/mol. The zero-order valence-corrected chi connectivity index (χ0v) is 8.82. The van der Waals surface area contributed by atoms with E-state index in [-0.39, 0.29) is 5.16 Å². The van der Waals surface area contributed by atoms with Crippen LogP contribution in [0.1, 0.15) is 27.7 Å². The quantitative estimate of drug-likeness (QED) is 0.361. The normalized spacial score (nSPS) is 17.5. The van der Waals surface area contributed by atoms with Crippen molar-refractivity contribution in [2.24, 2.45) is 0 Å². The molecule has 0 aliphatic carbocycles. The van der Waals surface area contributed by atoms with Crippen LogP contribution in [-0.4, -0.2) is 31.3 Å². The number of carbonyl (C=O) groups is 1. The third-order valence-electron chi connectivity index (χ3n) is 2.30. The fraction of sp³-hybridized carbons (Fsp3) is 0.875. The van der Waals surface area contributed by atoms with Gasteiger partial charge in [0.25, 0.3) is 0 Å². The predicted octanol–water partition coefficient (Wildman–Crippen LogP) is 2.10. The van der Waals surface area contributed by atoms with E-state index in [1.807, 2.05) is 0 Å². The molecule has 0 bridgehead atoms. The van der Waals surface area contributed by atoms with Gasteiger partial charge in [-0.25, -0.2) is 0 Å². The fourth-order valence-electron chi connectivity index (χ4n) is 1.01. The monoisotopic (exact) mass is 171 g/mol. The molecule has 0 saturated carbocycles. The van der Waals surface area contributed by atoms with Gasteiger partial charge < -0.3 is 0 Å². The van der Waals surface area contributed by atoms with Crippen LogP contribution >= 0.6 is 7.14 Å². The summed E-state index contributed by atoms with van der Waals surface area (Å²) in [5, 5.41) is 0.114. The summed E-state index contributed by atoms with van der Waals surface area (Å²) in [5.74, 6) is 0. The maximum atomic E-state index is 10.4. The first-order valence-electron chi connectivity index (χ1n) is 3.97. The van der Waals surface area contributed by atoms with E-state index in [0.29, 0.717) is 6.16 Å². The van der Waals surface area contributed by atoms with Gasteiger partial charge >= 0.3 is 7.57 Å². The maximum Gasteiger partial charge on any atom is 0.366 e. The highest BCUT2D eigenvalue weighted by Crippen LogP contribution is 2.63. The average Bonchev–Trinajstić information content (AvgIpc) is 1.86. The van der Waals surface area contributed by atoms with Crippen molar-refractivity contribution < 1.29 is 4.79 Å². The smallest absolute Gasteiger partial charge is 0.299 e. The summed E-state index contributed by atoms with van der Waals surface area (Å²) in [7, 11) is 4.66. The summed E-state index contributed by atoms with van der Waals surface area (Å²) in [6, 6.07) is 0. The second-order valence-electron chi connectivity index (χ2n) is 3.87. The summed E-state index contributed by atoms with van der Waals surface area (Å²) in [5.41, 5.74) is 0. The van der Waals surface area contributed by atoms with E-state index < -0.39 is 7.14 Å². The summed E-state index contributed by atoms with van der Waals surface area (Å²) in [4.78, 5) is 10.4. The predicted molar refractivity (Wildman–Crippen MR) is 53.9 cm³/mol. The lowest BCUT2D eigenvalue weighted by Crippen LogP contribution is -2.24. The lowest BCUT2D eigenvalue weighted by atomic mass is 10.3. The summed E-state index contributed by atoms with van der Waals surface area (Å²) in [6.07, 6.45) is 2.48. The second-order valence-corrected chi connectivity index (χ2v) is 8.28. The molecule has 0 rings (SSSR count). The number of aldehydes is 1. The average molecular weight is 171 g/mol. The van der Waals surface area contributed by atoms with Crippen molar-refractivity contribution in [1.82, 2.24) is 0 Å². The molecular formula is C8H17BOP+. The summed E-state index contributed by atoms with van der Waals surface area (Å²) in [6.45, 7) is 8.43. The Bertz CT molecular complexity index is 142. The number of hydrogen-bond donors (Lipinski definition) is 0. The fourth-order valence-corrected chi connectivity index (χ4v) is 3.03. The number of rotatable bonds is 3. The van der Waals surface area contributed by atoms with Crippen molar-refractivity contribution in [3.05, 3.63) is 0 Å². The van der Waals surface area contributed by atoms with Crippen molar-refractivity contribution in [2.45, 2.75) is 32.9 Å². The van der Waals surface area contributed by atoms with Gasteiger partial charge in [-0.2, -0.15) is 0 Å². The van der Waals surface area contributed by atoms with Crippen molar-refractivity contribution in [1.29, 1.82) is 0 Å². The largest absolute Gasteiger partial charge is 0.366 e. The van der Waals surface area contributed by atoms with Gasteiger partial charge in [0.1, 0.15) is 0 Å². The van der Waals surface area contributed by atoms with E-state index in [1.54, 1.807) is 0 Å². The molecule has 0 fully saturated rings. The molecule has 62 valence electrons. The molecule has 2 radical (unpaired) electrons. The Morgan fingerprint density at radius 2 is 1.91 bits per heavy atom. The first-order chi connectivity index (χ1) is 4.87. The van der Waals surface area contributed by atoms with E-state index >= 15 is 0 Å². The van der Waals surface area contributed by atoms with E-state index in [9.17, 15) is 4.79 Å². The van der Waals surface area contributed by atoms with Crippen LogP contribution in [0.2, 0.25) is 0 Å². The molecule has 1 nitrogen and oxygen atoms in total. The molecule has 1 atom stereocenters. The Balaban J connectivity index is 4.45. The molecule has 0 aromatic heterocycles. The molecule has 3 heteroatoms. The molecule has 11 heavy (non-hydrogen) atoms. The van der Waals surface area contributed by atoms with Gasteiger partial charge in [0.2, 0.25) is 0 Å². The van der Waals surface area contributed by atoms with Gasteiger partial charge in [-0.1, -0.05) is 0 Å². The van der Waals surface area contributed by atoms with Crippen LogP contribution in [-0.2, 0) is 4.79 Å². The zero-order chi connectivity index (χ0) is 9.12. The topological polar surface area (TPSA) is 17.1 Å². The Hall–Kier alpha value is 0.165. The summed E-state index contributed by atoms with van der Waals surface area (Å²) < 4.78 is 0. The molecule has 0 aliphatic heterocycles. The molecule has 0 aromatic carbocycles. The SMILES string of the molecule is [B][P+](CC)(CC=O)C(C)(C)C. The van der Waals surface area contributed by atoms with E-state index in [1.165, 1.54) is 0 Å². The molecule has 1 unspecified atom stereocenters. The van der Waals surface area contributed by atoms with E-state index in [0.717, 1.165) is 12.4 Å². The highest BCUT2D eigenvalue weighted by atomic mass is 31.2. The van der Waals surface area contributed by atoms with Crippen LogP contribution < -0.4 is 0 Å². The van der Waals surface area contributed by atoms with Gasteiger partial charge in [-0.05, 0) is 34.8 Å². The van der Waals surface area contributed by atoms with Crippen LogP contribution in [0.25, 0.3) is 0 Å². The number of hydrogen-bond acceptors (Lipinski definition) is 1. The van der Waals surface area contributed by atoms with Crippen molar-refractivity contribution in [2.75, 3.05) is 12.3 Å². The van der Waals surface area contributed by atoms with Crippen LogP contribution in [0.15, 0.2) is 0 Å². The van der Waals surface area contributed by atoms with Crippen molar-refractivity contribution in [3.8, 4) is 0 Å². The molecule has 0 heterocycles. The molecule has 0 aromatic rings. The molecule has 0 aliphatic rings. The Morgan fingerprint density at radius 1 is 1.45 bits per heavy atom. The lowest BCUT2D eigenvalue weighted by molar-refractivity contribution is -0.105. The third kappa shape index (κ3) is 2.59. The molecule has 0 amide bonds. The first kappa shape index (κ1) is 11.2. The highest BCUT2D eigenvalue weighted by Gasteiger charge is 2.41. The van der Waals surface area contributed by atoms with Crippen molar-refractivity contribution >= 4 is 21.0 Å². The van der Waals surface area contributed by atoms with E-state index in [2.05, 4.69) is 27.7 Å². The number of carbonyl (C=O) groups excluding carboxylic acids is 1. The van der Waals surface area contributed by atoms with Gasteiger partial charge in [-0.3, -0.25) is 4.79 Å². The molecule has 0 spiro atoms. The minimum atomic E-state index is -1.50. The standard InChI is InChI=1S/C8H17BOP/c1-5-11(9,7-6-10)8(2,3)4/h6H,5,7H2,1-4H3/q+1. The van der Waals surface area contributed by atoms with Crippen molar-refractivity contribution in [3.63, 3.8) is 0 Å². The Morgan fingerprint density at radius 3 is 2.00 bits per heavy atom. The zero-order valence-electron chi connectivity index (χ0n) is 7.92. The second kappa shape index (κ2) is 3.71. The first-order valence-corrected chi connectivity index (χ1v) is 6.19. The van der Waals surface area contributed by atoms with Crippen LogP contribution in [0.4, 0.5) is 0 Å². The third-order valence-corrected chi connectivity index (χ3v) is 6.90. The molecule has 0 N–H and O–H groups in total. The van der Waals surface area contributed by atoms with Gasteiger partial charge in [0, 0.05) is 6.16 Å². The Kier molecular flexibility index (Phi) is 3.77. The van der Waals surface area contributed by atoms with Crippen LogP contribution in [0.3, 0.4) is 0 Å². The highest BCUT2D eigenvalue weighted by molar-refractivity contribution is 7.98. The Labute approximate surface area is 71.6 Å². The summed E-state index contributed by atoms with van der Waals surface area (Å²) >= 11 is 0. The minimum Gasteiger partial charge on any atom is -0.299 e. The lowest BCUT2D eigenvalue weighted by Gasteiger charge is -2.33. The minimum absolute atomic E-state index is 0.114. The van der Waals surface area contributed by atoms with Gasteiger partial charge in [0.05, 0.1) is 11.3 Å². The molecule has 0 saturated heterocycles. The maximum absolute atomic E-state index is 10.4. The van der Waals surface area contributed by atoms with E-state index in [4.69, 9.17) is 7.57 Å². The van der Waals surface area contributed by atoms with Gasteiger partial charge in [0.15, 0.2) is 6.29 Å². The van der Waals surface area contributed by atoms with Crippen LogP contribution in [0.5, 0.6) is 0 Å². The van der Waals surface area contributed by atoms with Gasteiger partial charge in [-0.15, -0.1) is 0 Å². The van der Waals surface area contributed by atoms with Crippen LogP contribution in [0, 0.1) is 0 Å².